The third-order valence-electron chi connectivity index (χ3n) is 8.06. The molecule has 0 N–H and O–H groups in total. The summed E-state index contributed by atoms with van der Waals surface area (Å²) in [4.78, 5) is 2.35. The number of anilines is 3. The second-order valence-corrected chi connectivity index (χ2v) is 10.8. The van der Waals surface area contributed by atoms with Crippen LogP contribution in [0.3, 0.4) is 0 Å². The van der Waals surface area contributed by atoms with Gasteiger partial charge in [-0.15, -0.1) is 0 Å². The van der Waals surface area contributed by atoms with E-state index in [1.165, 1.54) is 44.5 Å². The molecule has 0 atom stereocenters. The summed E-state index contributed by atoms with van der Waals surface area (Å²) in [5.41, 5.74) is 13.0. The van der Waals surface area contributed by atoms with Crippen LogP contribution in [0.4, 0.5) is 17.1 Å². The van der Waals surface area contributed by atoms with Crippen molar-refractivity contribution < 1.29 is 0 Å². The molecule has 0 aliphatic heterocycles. The maximum Gasteiger partial charge on any atom is 0.0465 e. The lowest BCUT2D eigenvalue weighted by Crippen LogP contribution is -2.17. The number of allylic oxidation sites excluding steroid dienone is 4. The molecule has 1 heteroatoms. The Balaban J connectivity index is 1.46. The Morgan fingerprint density at radius 1 is 0.525 bits per heavy atom. The summed E-state index contributed by atoms with van der Waals surface area (Å²) in [6, 6.07) is 45.5. The van der Waals surface area contributed by atoms with E-state index in [9.17, 15) is 0 Å². The van der Waals surface area contributed by atoms with Crippen LogP contribution in [-0.4, -0.2) is 0 Å². The molecule has 40 heavy (non-hydrogen) atoms. The van der Waals surface area contributed by atoms with Crippen molar-refractivity contribution in [3.8, 4) is 22.3 Å². The molecule has 5 aromatic carbocycles. The van der Waals surface area contributed by atoms with Gasteiger partial charge in [-0.25, -0.2) is 0 Å². The molecule has 1 nitrogen and oxygen atoms in total. The first kappa shape index (κ1) is 25.4. The number of nitrogens with zero attached hydrogens (tertiary/aromatic N) is 1. The Hall–Kier alpha value is -4.88. The quantitative estimate of drug-likeness (QED) is 0.208. The zero-order valence-corrected chi connectivity index (χ0v) is 23.1. The van der Waals surface area contributed by atoms with Crippen molar-refractivity contribution in [2.45, 2.75) is 19.3 Å². The number of fused-ring (bicyclic) bond motifs is 1. The molecule has 1 aliphatic carbocycles. The highest BCUT2D eigenvalue weighted by atomic mass is 15.1. The highest BCUT2D eigenvalue weighted by molar-refractivity contribution is 5.90. The fraction of sp³-hybridized carbons (Fsp3) is 0.0769. The minimum absolute atomic E-state index is 0.156. The van der Waals surface area contributed by atoms with Gasteiger partial charge in [0.2, 0.25) is 0 Å². The number of hydrogen-bond donors (Lipinski definition) is 0. The van der Waals surface area contributed by atoms with Crippen LogP contribution >= 0.6 is 0 Å². The number of benzene rings is 5. The Morgan fingerprint density at radius 2 is 0.975 bits per heavy atom. The minimum Gasteiger partial charge on any atom is -0.310 e. The average Bonchev–Trinajstić information content (AvgIpc) is 3.23. The van der Waals surface area contributed by atoms with Gasteiger partial charge in [-0.2, -0.15) is 0 Å². The highest BCUT2D eigenvalue weighted by Gasteiger charge is 2.35. The molecule has 6 rings (SSSR count). The van der Waals surface area contributed by atoms with Gasteiger partial charge in [-0.1, -0.05) is 130 Å². The molecule has 0 saturated carbocycles. The molecule has 0 fully saturated rings. The van der Waals surface area contributed by atoms with Crippen molar-refractivity contribution in [3.05, 3.63) is 169 Å². The van der Waals surface area contributed by atoms with Crippen molar-refractivity contribution >= 4 is 22.6 Å². The van der Waals surface area contributed by atoms with Crippen LogP contribution in [0.5, 0.6) is 0 Å². The summed E-state index contributed by atoms with van der Waals surface area (Å²) < 4.78 is 0. The van der Waals surface area contributed by atoms with E-state index in [4.69, 9.17) is 0 Å². The molecular weight excluding hydrogens is 482 g/mol. The Kier molecular flexibility index (Phi) is 6.58. The van der Waals surface area contributed by atoms with E-state index in [1.807, 2.05) is 12.2 Å². The third-order valence-corrected chi connectivity index (χ3v) is 8.06. The number of hydrogen-bond acceptors (Lipinski definition) is 1. The van der Waals surface area contributed by atoms with Crippen LogP contribution in [-0.2, 0) is 5.41 Å². The van der Waals surface area contributed by atoms with Gasteiger partial charge in [-0.3, -0.25) is 0 Å². The first-order chi connectivity index (χ1) is 19.5. The van der Waals surface area contributed by atoms with E-state index in [2.05, 4.69) is 159 Å². The fourth-order valence-electron chi connectivity index (χ4n) is 5.95. The van der Waals surface area contributed by atoms with E-state index in [0.717, 1.165) is 17.1 Å². The molecule has 0 radical (unpaired) electrons. The predicted octanol–water partition coefficient (Wildman–Crippen LogP) is 10.9. The van der Waals surface area contributed by atoms with Crippen molar-refractivity contribution in [2.75, 3.05) is 4.90 Å². The molecular formula is C39H33N. The molecule has 0 saturated heterocycles. The zero-order valence-electron chi connectivity index (χ0n) is 23.1. The molecule has 194 valence electrons. The Morgan fingerprint density at radius 3 is 1.43 bits per heavy atom. The molecule has 0 bridgehead atoms. The summed E-state index contributed by atoms with van der Waals surface area (Å²) in [6.45, 7) is 12.8. The summed E-state index contributed by atoms with van der Waals surface area (Å²) in [6.07, 6.45) is 3.95. The van der Waals surface area contributed by atoms with Gasteiger partial charge in [0.1, 0.15) is 0 Å². The Bertz CT molecular complexity index is 1620. The van der Waals surface area contributed by atoms with Crippen LogP contribution in [0, 0.1) is 0 Å². The van der Waals surface area contributed by atoms with Gasteiger partial charge < -0.3 is 4.90 Å². The second-order valence-electron chi connectivity index (χ2n) is 10.8. The lowest BCUT2D eigenvalue weighted by molar-refractivity contribution is 0.654. The smallest absolute Gasteiger partial charge is 0.0465 e. The maximum absolute atomic E-state index is 4.12. The van der Waals surface area contributed by atoms with Crippen LogP contribution in [0.1, 0.15) is 25.0 Å². The van der Waals surface area contributed by atoms with Crippen LogP contribution < -0.4 is 4.90 Å². The van der Waals surface area contributed by atoms with Crippen LogP contribution in [0.25, 0.3) is 27.8 Å². The Labute approximate surface area is 238 Å². The van der Waals surface area contributed by atoms with Gasteiger partial charge in [0, 0.05) is 22.5 Å². The van der Waals surface area contributed by atoms with Crippen molar-refractivity contribution in [1.29, 1.82) is 0 Å². The molecule has 0 aromatic heterocycles. The van der Waals surface area contributed by atoms with Crippen molar-refractivity contribution in [2.24, 2.45) is 0 Å². The highest BCUT2D eigenvalue weighted by Crippen LogP contribution is 2.49. The van der Waals surface area contributed by atoms with E-state index >= 15 is 0 Å². The normalized spacial score (nSPS) is 13.6. The molecule has 1 aliphatic rings. The topological polar surface area (TPSA) is 3.24 Å². The van der Waals surface area contributed by atoms with E-state index < -0.39 is 0 Å². The molecule has 5 aromatic rings. The largest absolute Gasteiger partial charge is 0.310 e. The summed E-state index contributed by atoms with van der Waals surface area (Å²) in [5, 5.41) is 0. The van der Waals surface area contributed by atoms with Gasteiger partial charge in [0.05, 0.1) is 0 Å². The lowest BCUT2D eigenvalue weighted by atomic mass is 9.81. The van der Waals surface area contributed by atoms with Gasteiger partial charge >= 0.3 is 0 Å². The minimum atomic E-state index is -0.156. The first-order valence-electron chi connectivity index (χ1n) is 13.8. The fourth-order valence-corrected chi connectivity index (χ4v) is 5.95. The number of rotatable bonds is 7. The first-order valence-corrected chi connectivity index (χ1v) is 13.8. The van der Waals surface area contributed by atoms with Gasteiger partial charge in [0.15, 0.2) is 0 Å². The maximum atomic E-state index is 4.12. The predicted molar refractivity (Wildman–Crippen MR) is 172 cm³/mol. The summed E-state index contributed by atoms with van der Waals surface area (Å²) >= 11 is 0. The summed E-state index contributed by atoms with van der Waals surface area (Å²) in [7, 11) is 0. The third kappa shape index (κ3) is 4.40. The van der Waals surface area contributed by atoms with Crippen molar-refractivity contribution in [3.63, 3.8) is 0 Å². The zero-order chi connectivity index (χ0) is 27.7. The SMILES string of the molecule is C=CC1=C(C=C)C(C)(C)c2cc(N(c3ccc(-c4ccccc4)cc3)c3ccc(-c4ccccc4)cc3)ccc21. The molecule has 0 unspecified atom stereocenters. The van der Waals surface area contributed by atoms with Crippen LogP contribution in [0.15, 0.2) is 158 Å². The average molecular weight is 516 g/mol. The van der Waals surface area contributed by atoms with Gasteiger partial charge in [0.25, 0.3) is 0 Å². The monoisotopic (exact) mass is 515 g/mol. The van der Waals surface area contributed by atoms with E-state index in [-0.39, 0.29) is 5.41 Å². The van der Waals surface area contributed by atoms with Crippen molar-refractivity contribution in [1.82, 2.24) is 0 Å². The second kappa shape index (κ2) is 10.4. The standard InChI is InChI=1S/C39H33N/c1-5-35-36-26-25-34(27-38(36)39(3,4)37(35)6-2)40(32-21-17-30(18-22-32)28-13-9-7-10-14-28)33-23-19-31(20-24-33)29-15-11-8-12-16-29/h5-27H,1-2H2,3-4H3. The summed E-state index contributed by atoms with van der Waals surface area (Å²) in [5.74, 6) is 0. The molecule has 0 spiro atoms. The lowest BCUT2D eigenvalue weighted by Gasteiger charge is -2.29. The molecule has 0 amide bonds. The van der Waals surface area contributed by atoms with E-state index in [0.29, 0.717) is 0 Å². The van der Waals surface area contributed by atoms with Crippen LogP contribution in [0.2, 0.25) is 0 Å². The molecule has 0 heterocycles. The van der Waals surface area contributed by atoms with E-state index in [1.54, 1.807) is 0 Å². The van der Waals surface area contributed by atoms with Gasteiger partial charge in [-0.05, 0) is 80.9 Å².